The molecule has 0 radical (unpaired) electrons. The van der Waals surface area contributed by atoms with Gasteiger partial charge in [0.25, 0.3) is 0 Å². The minimum absolute atomic E-state index is 0.110. The van der Waals surface area contributed by atoms with Gasteiger partial charge in [-0.1, -0.05) is 74.7 Å². The number of nitrogens with zero attached hydrogens (tertiary/aromatic N) is 1. The second kappa shape index (κ2) is 11.8. The van der Waals surface area contributed by atoms with E-state index in [0.29, 0.717) is 17.7 Å². The number of hydrogen-bond donors (Lipinski definition) is 2. The van der Waals surface area contributed by atoms with Crippen LogP contribution in [-0.4, -0.2) is 53.3 Å². The number of likely N-dealkylation sites (tertiary alicyclic amines) is 1. The van der Waals surface area contributed by atoms with Crippen LogP contribution in [0.5, 0.6) is 5.75 Å². The Hall–Kier alpha value is -3.43. The monoisotopic (exact) mass is 559 g/mol. The standard InChI is InChI=1S/C32H38BNO7/c1-5-8-19(15-20-12-13-26(35)22-10-7-6-9-21(20)22)11-14-27-28-23(18(2)3)16-24-29(25(28)17-33(39)41-27)31(37)34(30(24)36)32(38)40-4/h6-7,9-10,12-13,15,18,24-25,27,29,35,39H,5,8,11,14,16-17H2,1-4H3/b19-15+/t24-,25+,27-,29-/m1/s1. The Bertz CT molecular complexity index is 1430. The Morgan fingerprint density at radius 1 is 1.12 bits per heavy atom. The quantitative estimate of drug-likeness (QED) is 0.253. The van der Waals surface area contributed by atoms with Crippen molar-refractivity contribution >= 4 is 41.9 Å². The molecule has 2 fully saturated rings. The highest BCUT2D eigenvalue weighted by molar-refractivity contribution is 6.43. The molecule has 8 nitrogen and oxygen atoms in total. The molecule has 9 heteroatoms. The number of carbonyl (C=O) groups is 3. The van der Waals surface area contributed by atoms with Crippen LogP contribution in [0.25, 0.3) is 16.8 Å². The fourth-order valence-electron chi connectivity index (χ4n) is 7.08. The first kappa shape index (κ1) is 29.1. The fraction of sp³-hybridized carbons (Fsp3) is 0.469. The van der Waals surface area contributed by atoms with Gasteiger partial charge in [-0.25, -0.2) is 4.79 Å². The maximum Gasteiger partial charge on any atom is 0.455 e. The van der Waals surface area contributed by atoms with E-state index < -0.39 is 43.0 Å². The van der Waals surface area contributed by atoms with E-state index in [2.05, 4.69) is 26.8 Å². The number of methoxy groups -OCH3 is 1. The zero-order valence-electron chi connectivity index (χ0n) is 24.1. The number of allylic oxidation sites excluding steroid dienone is 2. The molecule has 2 aliphatic heterocycles. The maximum absolute atomic E-state index is 13.4. The molecule has 216 valence electrons. The molecule has 1 aliphatic carbocycles. The van der Waals surface area contributed by atoms with Gasteiger partial charge >= 0.3 is 13.2 Å². The zero-order chi connectivity index (χ0) is 29.4. The number of fused-ring (bicyclic) bond motifs is 4. The second-order valence-corrected chi connectivity index (χ2v) is 11.7. The summed E-state index contributed by atoms with van der Waals surface area (Å²) in [4.78, 5) is 39.6. The maximum atomic E-state index is 13.4. The summed E-state index contributed by atoms with van der Waals surface area (Å²) >= 11 is 0. The lowest BCUT2D eigenvalue weighted by atomic mass is 9.57. The first-order valence-electron chi connectivity index (χ1n) is 14.6. The number of phenols is 1. The second-order valence-electron chi connectivity index (χ2n) is 11.7. The van der Waals surface area contributed by atoms with Crippen molar-refractivity contribution in [2.45, 2.75) is 65.3 Å². The minimum Gasteiger partial charge on any atom is -0.507 e. The molecule has 2 N–H and O–H groups in total. The Balaban J connectivity index is 1.47. The summed E-state index contributed by atoms with van der Waals surface area (Å²) in [5.74, 6) is -2.44. The molecule has 2 heterocycles. The summed E-state index contributed by atoms with van der Waals surface area (Å²) in [6.45, 7) is 6.27. The van der Waals surface area contributed by atoms with Crippen molar-refractivity contribution in [1.29, 1.82) is 0 Å². The van der Waals surface area contributed by atoms with Crippen LogP contribution in [0.15, 0.2) is 53.1 Å². The van der Waals surface area contributed by atoms with E-state index in [4.69, 9.17) is 9.39 Å². The molecule has 0 unspecified atom stereocenters. The molecule has 2 aromatic rings. The number of rotatable bonds is 7. The lowest BCUT2D eigenvalue weighted by molar-refractivity contribution is -0.137. The number of carbonyl (C=O) groups excluding carboxylic acids is 3. The van der Waals surface area contributed by atoms with Gasteiger partial charge in [0.1, 0.15) is 5.75 Å². The Morgan fingerprint density at radius 2 is 1.85 bits per heavy atom. The van der Waals surface area contributed by atoms with Gasteiger partial charge in [-0.05, 0) is 66.4 Å². The summed E-state index contributed by atoms with van der Waals surface area (Å²) in [5, 5.41) is 22.9. The third-order valence-electron chi connectivity index (χ3n) is 8.89. The van der Waals surface area contributed by atoms with Crippen molar-refractivity contribution in [3.63, 3.8) is 0 Å². The molecular weight excluding hydrogens is 521 g/mol. The van der Waals surface area contributed by atoms with Crippen LogP contribution in [-0.2, 0) is 19.0 Å². The van der Waals surface area contributed by atoms with Gasteiger partial charge in [0.05, 0.1) is 25.0 Å². The van der Waals surface area contributed by atoms with Gasteiger partial charge in [-0.2, -0.15) is 4.90 Å². The third-order valence-corrected chi connectivity index (χ3v) is 8.89. The molecule has 2 aromatic carbocycles. The van der Waals surface area contributed by atoms with Gasteiger partial charge in [0, 0.05) is 5.39 Å². The molecule has 41 heavy (non-hydrogen) atoms. The van der Waals surface area contributed by atoms with E-state index in [9.17, 15) is 24.5 Å². The Morgan fingerprint density at radius 3 is 2.54 bits per heavy atom. The van der Waals surface area contributed by atoms with Gasteiger partial charge < -0.3 is 19.5 Å². The summed E-state index contributed by atoms with van der Waals surface area (Å²) in [5.41, 5.74) is 4.34. The number of benzene rings is 2. The number of imide groups is 3. The molecule has 0 spiro atoms. The van der Waals surface area contributed by atoms with Crippen LogP contribution in [0.1, 0.15) is 58.4 Å². The van der Waals surface area contributed by atoms with Crippen molar-refractivity contribution in [3.05, 3.63) is 58.7 Å². The van der Waals surface area contributed by atoms with E-state index in [-0.39, 0.29) is 23.9 Å². The minimum atomic E-state index is -1.07. The lowest BCUT2D eigenvalue weighted by Crippen LogP contribution is -2.46. The van der Waals surface area contributed by atoms with E-state index in [1.807, 2.05) is 30.3 Å². The number of aromatic hydroxyl groups is 1. The van der Waals surface area contributed by atoms with E-state index >= 15 is 0 Å². The van der Waals surface area contributed by atoms with Gasteiger partial charge in [-0.15, -0.1) is 0 Å². The molecule has 3 aliphatic rings. The molecule has 3 amide bonds. The van der Waals surface area contributed by atoms with Crippen LogP contribution >= 0.6 is 0 Å². The summed E-state index contributed by atoms with van der Waals surface area (Å²) in [7, 11) is 0.0840. The molecule has 0 saturated carbocycles. The highest BCUT2D eigenvalue weighted by Crippen LogP contribution is 2.52. The van der Waals surface area contributed by atoms with E-state index in [1.54, 1.807) is 6.07 Å². The number of ether oxygens (including phenoxy) is 1. The normalized spacial score (nSPS) is 24.8. The van der Waals surface area contributed by atoms with Crippen LogP contribution in [0, 0.1) is 23.7 Å². The van der Waals surface area contributed by atoms with Gasteiger partial charge in [0.15, 0.2) is 0 Å². The highest BCUT2D eigenvalue weighted by atomic mass is 16.5. The lowest BCUT2D eigenvalue weighted by Gasteiger charge is -2.44. The average molecular weight is 559 g/mol. The SMILES string of the molecule is CCC/C(=C\c1ccc(O)c2ccccc12)CC[C@H]1OB(O)C[C@H]2C1=C(C(C)C)C[C@H]1C(=O)N(C(=O)OC)C(=O)[C@H]12. The highest BCUT2D eigenvalue weighted by Gasteiger charge is 2.59. The van der Waals surface area contributed by atoms with Gasteiger partial charge in [-0.3, -0.25) is 9.59 Å². The average Bonchev–Trinajstić information content (AvgIpc) is 3.21. The summed E-state index contributed by atoms with van der Waals surface area (Å²) in [6, 6.07) is 11.4. The van der Waals surface area contributed by atoms with Crippen molar-refractivity contribution < 1.29 is 33.9 Å². The van der Waals surface area contributed by atoms with Crippen molar-refractivity contribution in [2.24, 2.45) is 23.7 Å². The Kier molecular flexibility index (Phi) is 8.38. The number of amides is 3. The largest absolute Gasteiger partial charge is 0.507 e. The Labute approximate surface area is 241 Å². The van der Waals surface area contributed by atoms with E-state index in [0.717, 1.165) is 53.9 Å². The fourth-order valence-corrected chi connectivity index (χ4v) is 7.08. The van der Waals surface area contributed by atoms with Crippen LogP contribution < -0.4 is 0 Å². The number of hydrogen-bond acceptors (Lipinski definition) is 7. The number of phenolic OH excluding ortho intramolecular Hbond substituents is 1. The predicted octanol–water partition coefficient (Wildman–Crippen LogP) is 5.73. The van der Waals surface area contributed by atoms with Gasteiger partial charge in [0.2, 0.25) is 11.8 Å². The molecule has 4 atom stereocenters. The molecule has 2 saturated heterocycles. The molecule has 0 bridgehead atoms. The van der Waals surface area contributed by atoms with Crippen molar-refractivity contribution in [1.82, 2.24) is 4.90 Å². The molecular formula is C32H38BNO7. The van der Waals surface area contributed by atoms with Crippen molar-refractivity contribution in [2.75, 3.05) is 7.11 Å². The van der Waals surface area contributed by atoms with Crippen LogP contribution in [0.2, 0.25) is 6.32 Å². The summed E-state index contributed by atoms with van der Waals surface area (Å²) < 4.78 is 10.9. The van der Waals surface area contributed by atoms with Crippen LogP contribution in [0.3, 0.4) is 0 Å². The first-order valence-corrected chi connectivity index (χ1v) is 14.6. The van der Waals surface area contributed by atoms with Crippen LogP contribution in [0.4, 0.5) is 4.79 Å². The predicted molar refractivity (Wildman–Crippen MR) is 157 cm³/mol. The topological polar surface area (TPSA) is 113 Å². The first-order chi connectivity index (χ1) is 19.7. The van der Waals surface area contributed by atoms with E-state index in [1.165, 1.54) is 5.57 Å². The smallest absolute Gasteiger partial charge is 0.455 e. The molecule has 0 aromatic heterocycles. The van der Waals surface area contributed by atoms with Crippen molar-refractivity contribution in [3.8, 4) is 5.75 Å². The zero-order valence-corrected chi connectivity index (χ0v) is 24.1. The third kappa shape index (κ3) is 5.33. The summed E-state index contributed by atoms with van der Waals surface area (Å²) in [6.07, 6.45) is 4.59. The molecule has 5 rings (SSSR count).